The molecule has 21 heavy (non-hydrogen) atoms. The maximum Gasteiger partial charge on any atom is 0.269 e. The second-order valence-electron chi connectivity index (χ2n) is 5.54. The first-order valence-electron chi connectivity index (χ1n) is 7.34. The van der Waals surface area contributed by atoms with Crippen molar-refractivity contribution in [2.24, 2.45) is 0 Å². The van der Waals surface area contributed by atoms with Gasteiger partial charge < -0.3 is 9.64 Å². The van der Waals surface area contributed by atoms with Crippen molar-refractivity contribution in [1.29, 1.82) is 0 Å². The van der Waals surface area contributed by atoms with Crippen molar-refractivity contribution in [1.82, 2.24) is 0 Å². The van der Waals surface area contributed by atoms with E-state index in [9.17, 15) is 14.9 Å². The van der Waals surface area contributed by atoms with Gasteiger partial charge in [-0.15, -0.1) is 0 Å². The molecule has 6 heteroatoms. The Balaban J connectivity index is 1.65. The van der Waals surface area contributed by atoms with E-state index in [0.29, 0.717) is 19.4 Å². The molecule has 1 atom stereocenters. The summed E-state index contributed by atoms with van der Waals surface area (Å²) in [5.74, 6) is 0.0816. The summed E-state index contributed by atoms with van der Waals surface area (Å²) < 4.78 is 5.53. The third-order valence-corrected chi connectivity index (χ3v) is 4.17. The van der Waals surface area contributed by atoms with Crippen LogP contribution in [0.1, 0.15) is 31.2 Å². The van der Waals surface area contributed by atoms with Crippen LogP contribution in [0.2, 0.25) is 0 Å². The van der Waals surface area contributed by atoms with E-state index in [0.717, 1.165) is 37.1 Å². The maximum absolute atomic E-state index is 12.3. The summed E-state index contributed by atoms with van der Waals surface area (Å²) in [4.78, 5) is 24.4. The Hall–Kier alpha value is -1.95. The van der Waals surface area contributed by atoms with Gasteiger partial charge in [-0.3, -0.25) is 14.9 Å². The van der Waals surface area contributed by atoms with Crippen LogP contribution in [0.5, 0.6) is 0 Å². The number of anilines is 1. The highest BCUT2D eigenvalue weighted by atomic mass is 16.6. The van der Waals surface area contributed by atoms with E-state index in [4.69, 9.17) is 4.74 Å². The van der Waals surface area contributed by atoms with Gasteiger partial charge in [0.05, 0.1) is 11.0 Å². The molecule has 1 amide bonds. The highest BCUT2D eigenvalue weighted by Gasteiger charge is 2.27. The predicted octanol–water partition coefficient (Wildman–Crippen LogP) is 2.44. The lowest BCUT2D eigenvalue weighted by molar-refractivity contribution is -0.384. The molecular formula is C15H18N2O4. The minimum absolute atomic E-state index is 0.0816. The molecule has 1 saturated heterocycles. The van der Waals surface area contributed by atoms with Crippen LogP contribution in [0.4, 0.5) is 11.4 Å². The van der Waals surface area contributed by atoms with Crippen LogP contribution in [0, 0.1) is 10.1 Å². The number of nitro groups is 1. The summed E-state index contributed by atoms with van der Waals surface area (Å²) in [6.45, 7) is 1.41. The number of nitrogens with zero attached hydrogens (tertiary/aromatic N) is 2. The van der Waals surface area contributed by atoms with Crippen molar-refractivity contribution in [2.45, 2.75) is 38.2 Å². The van der Waals surface area contributed by atoms with Crippen molar-refractivity contribution in [3.8, 4) is 0 Å². The van der Waals surface area contributed by atoms with Gasteiger partial charge in [-0.25, -0.2) is 0 Å². The second-order valence-corrected chi connectivity index (χ2v) is 5.54. The molecular weight excluding hydrogens is 272 g/mol. The van der Waals surface area contributed by atoms with E-state index < -0.39 is 4.92 Å². The van der Waals surface area contributed by atoms with Gasteiger partial charge in [0.25, 0.3) is 5.69 Å². The van der Waals surface area contributed by atoms with Crippen molar-refractivity contribution in [3.63, 3.8) is 0 Å². The van der Waals surface area contributed by atoms with Gasteiger partial charge in [-0.05, 0) is 37.3 Å². The van der Waals surface area contributed by atoms with Crippen LogP contribution < -0.4 is 4.90 Å². The molecule has 0 bridgehead atoms. The molecule has 1 unspecified atom stereocenters. The molecule has 3 rings (SSSR count). The number of carbonyl (C=O) groups is 1. The Labute approximate surface area is 122 Å². The van der Waals surface area contributed by atoms with Crippen LogP contribution in [-0.2, 0) is 16.0 Å². The Morgan fingerprint density at radius 2 is 2.33 bits per heavy atom. The van der Waals surface area contributed by atoms with E-state index in [1.807, 2.05) is 0 Å². The van der Waals surface area contributed by atoms with E-state index in [-0.39, 0.29) is 17.7 Å². The number of fused-ring (bicyclic) bond motifs is 1. The second kappa shape index (κ2) is 5.81. The van der Waals surface area contributed by atoms with Crippen LogP contribution in [0.3, 0.4) is 0 Å². The monoisotopic (exact) mass is 290 g/mol. The number of amides is 1. The van der Waals surface area contributed by atoms with Crippen molar-refractivity contribution in [3.05, 3.63) is 33.9 Å². The zero-order chi connectivity index (χ0) is 14.8. The first-order valence-corrected chi connectivity index (χ1v) is 7.34. The molecule has 0 saturated carbocycles. The number of carbonyl (C=O) groups excluding carboxylic acids is 1. The molecule has 1 aromatic rings. The topological polar surface area (TPSA) is 72.7 Å². The summed E-state index contributed by atoms with van der Waals surface area (Å²) in [6, 6.07) is 4.72. The van der Waals surface area contributed by atoms with Crippen LogP contribution in [0.25, 0.3) is 0 Å². The largest absolute Gasteiger partial charge is 0.378 e. The Morgan fingerprint density at radius 3 is 3.05 bits per heavy atom. The Bertz CT molecular complexity index is 567. The lowest BCUT2D eigenvalue weighted by Gasteiger charge is -2.18. The Morgan fingerprint density at radius 1 is 1.48 bits per heavy atom. The van der Waals surface area contributed by atoms with Gasteiger partial charge in [0.1, 0.15) is 0 Å². The number of hydrogen-bond acceptors (Lipinski definition) is 4. The van der Waals surface area contributed by atoms with E-state index in [1.54, 1.807) is 17.0 Å². The van der Waals surface area contributed by atoms with Crippen molar-refractivity contribution < 1.29 is 14.5 Å². The van der Waals surface area contributed by atoms with Gasteiger partial charge in [0.2, 0.25) is 5.91 Å². The lowest BCUT2D eigenvalue weighted by atomic mass is 10.1. The van der Waals surface area contributed by atoms with Crippen molar-refractivity contribution >= 4 is 17.3 Å². The predicted molar refractivity (Wildman–Crippen MR) is 77.4 cm³/mol. The molecule has 0 aromatic heterocycles. The van der Waals surface area contributed by atoms with Crippen LogP contribution >= 0.6 is 0 Å². The number of benzene rings is 1. The van der Waals surface area contributed by atoms with Gasteiger partial charge >= 0.3 is 0 Å². The van der Waals surface area contributed by atoms with Gasteiger partial charge in [-0.1, -0.05) is 0 Å². The molecule has 0 radical (unpaired) electrons. The lowest BCUT2D eigenvalue weighted by Crippen LogP contribution is -2.29. The third kappa shape index (κ3) is 2.90. The van der Waals surface area contributed by atoms with E-state index in [1.165, 1.54) is 6.07 Å². The van der Waals surface area contributed by atoms with Crippen LogP contribution in [0.15, 0.2) is 18.2 Å². The number of hydrogen-bond donors (Lipinski definition) is 0. The molecule has 2 heterocycles. The van der Waals surface area contributed by atoms with Gasteiger partial charge in [0, 0.05) is 37.4 Å². The molecule has 112 valence electrons. The zero-order valence-electron chi connectivity index (χ0n) is 11.8. The first-order chi connectivity index (χ1) is 10.1. The fourth-order valence-corrected chi connectivity index (χ4v) is 3.05. The first kappa shape index (κ1) is 14.0. The zero-order valence-corrected chi connectivity index (χ0v) is 11.8. The summed E-state index contributed by atoms with van der Waals surface area (Å²) in [7, 11) is 0. The summed E-state index contributed by atoms with van der Waals surface area (Å²) >= 11 is 0. The highest BCUT2D eigenvalue weighted by Crippen LogP contribution is 2.32. The molecule has 2 aliphatic rings. The summed E-state index contributed by atoms with van der Waals surface area (Å²) in [5, 5.41) is 10.8. The minimum Gasteiger partial charge on any atom is -0.378 e. The fourth-order valence-electron chi connectivity index (χ4n) is 3.05. The average Bonchev–Trinajstić information content (AvgIpc) is 3.13. The minimum atomic E-state index is -0.401. The third-order valence-electron chi connectivity index (χ3n) is 4.17. The van der Waals surface area contributed by atoms with Gasteiger partial charge in [-0.2, -0.15) is 0 Å². The Kier molecular flexibility index (Phi) is 3.88. The normalized spacial score (nSPS) is 20.6. The summed E-state index contributed by atoms with van der Waals surface area (Å²) in [5.41, 5.74) is 1.79. The molecule has 1 fully saturated rings. The number of nitro benzene ring substituents is 1. The van der Waals surface area contributed by atoms with Crippen LogP contribution in [-0.4, -0.2) is 30.1 Å². The maximum atomic E-state index is 12.3. The number of non-ortho nitro benzene ring substituents is 1. The molecule has 2 aliphatic heterocycles. The molecule has 6 nitrogen and oxygen atoms in total. The molecule has 0 N–H and O–H groups in total. The molecule has 0 spiro atoms. The summed E-state index contributed by atoms with van der Waals surface area (Å²) in [6.07, 6.45) is 4.25. The number of ether oxygens (including phenoxy) is 1. The highest BCUT2D eigenvalue weighted by molar-refractivity contribution is 5.95. The standard InChI is InChI=1S/C15H18N2O4/c18-15(6-4-13-2-1-9-21-13)16-8-7-11-10-12(17(19)20)3-5-14(11)16/h3,5,10,13H,1-2,4,6-9H2. The molecule has 0 aliphatic carbocycles. The molecule has 1 aromatic carbocycles. The average molecular weight is 290 g/mol. The van der Waals surface area contributed by atoms with E-state index in [2.05, 4.69) is 0 Å². The number of rotatable bonds is 4. The van der Waals surface area contributed by atoms with Gasteiger partial charge in [0.15, 0.2) is 0 Å². The van der Waals surface area contributed by atoms with Crippen molar-refractivity contribution in [2.75, 3.05) is 18.1 Å². The fraction of sp³-hybridized carbons (Fsp3) is 0.533. The quantitative estimate of drug-likeness (QED) is 0.630. The SMILES string of the molecule is O=C(CCC1CCCO1)N1CCc2cc([N+](=O)[O-])ccc21. The smallest absolute Gasteiger partial charge is 0.269 e. The van der Waals surface area contributed by atoms with E-state index >= 15 is 0 Å².